The number of benzene rings is 1. The Morgan fingerprint density at radius 1 is 1.28 bits per heavy atom. The molecule has 3 rings (SSSR count). The molecule has 0 spiro atoms. The molecule has 2 aromatic rings. The van der Waals surface area contributed by atoms with Gasteiger partial charge in [0.1, 0.15) is 5.69 Å². The molecular formula is C19H20ClN3O2. The molecule has 0 bridgehead atoms. The predicted molar refractivity (Wildman–Crippen MR) is 96.6 cm³/mol. The lowest BCUT2D eigenvalue weighted by molar-refractivity contribution is 0.0667. The van der Waals surface area contributed by atoms with Crippen molar-refractivity contribution in [2.24, 2.45) is 5.73 Å². The van der Waals surface area contributed by atoms with E-state index in [9.17, 15) is 9.59 Å². The Hall–Kier alpha value is -2.40. The van der Waals surface area contributed by atoms with Crippen molar-refractivity contribution in [1.82, 2.24) is 9.88 Å². The van der Waals surface area contributed by atoms with Crippen molar-refractivity contribution >= 4 is 23.4 Å². The minimum absolute atomic E-state index is 0.0878. The topological polar surface area (TPSA) is 76.3 Å². The van der Waals surface area contributed by atoms with Gasteiger partial charge in [0.05, 0.1) is 11.6 Å². The molecule has 1 aliphatic carbocycles. The molecular weight excluding hydrogens is 338 g/mol. The van der Waals surface area contributed by atoms with Crippen LogP contribution in [0.4, 0.5) is 0 Å². The molecule has 1 aliphatic rings. The Labute approximate surface area is 151 Å². The van der Waals surface area contributed by atoms with Crippen LogP contribution in [0.2, 0.25) is 5.02 Å². The van der Waals surface area contributed by atoms with Crippen LogP contribution in [0.3, 0.4) is 0 Å². The second kappa shape index (κ2) is 6.84. The third-order valence-corrected chi connectivity index (χ3v) is 4.79. The third-order valence-electron chi connectivity index (χ3n) is 4.54. The molecule has 1 aromatic carbocycles. The number of amides is 2. The Bertz CT molecular complexity index is 816. The van der Waals surface area contributed by atoms with E-state index in [1.54, 1.807) is 13.0 Å². The lowest BCUT2D eigenvalue weighted by Gasteiger charge is -2.29. The van der Waals surface area contributed by atoms with Gasteiger partial charge in [-0.3, -0.25) is 14.6 Å². The number of aromatic nitrogens is 1. The smallest absolute Gasteiger partial charge is 0.273 e. The number of primary amides is 1. The molecule has 25 heavy (non-hydrogen) atoms. The van der Waals surface area contributed by atoms with Crippen LogP contribution in [-0.2, 0) is 0 Å². The van der Waals surface area contributed by atoms with Crippen molar-refractivity contribution in [1.29, 1.82) is 0 Å². The molecule has 0 radical (unpaired) electrons. The Kier molecular flexibility index (Phi) is 4.77. The van der Waals surface area contributed by atoms with Crippen LogP contribution in [0.1, 0.15) is 57.8 Å². The number of halogens is 1. The first-order chi connectivity index (χ1) is 11.9. The normalized spacial score (nSPS) is 14.8. The monoisotopic (exact) mass is 357 g/mol. The highest BCUT2D eigenvalue weighted by Gasteiger charge is 2.37. The van der Waals surface area contributed by atoms with E-state index in [0.29, 0.717) is 21.8 Å². The highest BCUT2D eigenvalue weighted by molar-refractivity contribution is 6.30. The summed E-state index contributed by atoms with van der Waals surface area (Å²) >= 11 is 5.96. The average molecular weight is 358 g/mol. The number of hydrogen-bond donors (Lipinski definition) is 1. The van der Waals surface area contributed by atoms with Crippen LogP contribution < -0.4 is 5.73 Å². The summed E-state index contributed by atoms with van der Waals surface area (Å²) in [5.74, 6) is -0.679. The Morgan fingerprint density at radius 2 is 1.92 bits per heavy atom. The summed E-state index contributed by atoms with van der Waals surface area (Å²) in [5.41, 5.74) is 7.65. The van der Waals surface area contributed by atoms with Gasteiger partial charge in [-0.05, 0) is 56.0 Å². The number of nitrogens with zero attached hydrogens (tertiary/aromatic N) is 2. The lowest BCUT2D eigenvalue weighted by atomic mass is 10.1. The van der Waals surface area contributed by atoms with Gasteiger partial charge in [0.25, 0.3) is 11.8 Å². The first kappa shape index (κ1) is 17.4. The van der Waals surface area contributed by atoms with E-state index >= 15 is 0 Å². The first-order valence-corrected chi connectivity index (χ1v) is 8.61. The molecule has 1 heterocycles. The second-order valence-corrected chi connectivity index (χ2v) is 6.86. The summed E-state index contributed by atoms with van der Waals surface area (Å²) in [6.07, 6.45) is 3.35. The quantitative estimate of drug-likeness (QED) is 0.889. The SMILES string of the molecule is Cc1cc(C(=O)N(C2CC2)C(C)c2ccc(Cl)cc2)ncc1C(N)=O. The molecule has 5 nitrogen and oxygen atoms in total. The summed E-state index contributed by atoms with van der Waals surface area (Å²) in [4.78, 5) is 30.5. The standard InChI is InChI=1S/C19H20ClN3O2/c1-11-9-17(22-10-16(11)18(21)24)19(25)23(15-7-8-15)12(2)13-3-5-14(20)6-4-13/h3-6,9-10,12,15H,7-8H2,1-2H3,(H2,21,24). The van der Waals surface area contributed by atoms with E-state index in [1.807, 2.05) is 36.1 Å². The Morgan fingerprint density at radius 3 is 2.44 bits per heavy atom. The van der Waals surface area contributed by atoms with E-state index in [2.05, 4.69) is 4.98 Å². The number of pyridine rings is 1. The summed E-state index contributed by atoms with van der Waals surface area (Å²) in [7, 11) is 0. The van der Waals surface area contributed by atoms with Crippen molar-refractivity contribution < 1.29 is 9.59 Å². The highest BCUT2D eigenvalue weighted by atomic mass is 35.5. The molecule has 1 saturated carbocycles. The molecule has 6 heteroatoms. The number of carbonyl (C=O) groups is 2. The summed E-state index contributed by atoms with van der Waals surface area (Å²) < 4.78 is 0. The van der Waals surface area contributed by atoms with Gasteiger partial charge in [-0.15, -0.1) is 0 Å². The largest absolute Gasteiger partial charge is 0.366 e. The van der Waals surface area contributed by atoms with Gasteiger partial charge in [-0.2, -0.15) is 0 Å². The highest BCUT2D eigenvalue weighted by Crippen LogP contribution is 2.35. The van der Waals surface area contributed by atoms with Gasteiger partial charge in [0, 0.05) is 17.3 Å². The lowest BCUT2D eigenvalue weighted by Crippen LogP contribution is -2.36. The zero-order valence-corrected chi connectivity index (χ0v) is 15.0. The fourth-order valence-electron chi connectivity index (χ4n) is 2.98. The molecule has 1 aromatic heterocycles. The van der Waals surface area contributed by atoms with Crippen molar-refractivity contribution in [3.63, 3.8) is 0 Å². The first-order valence-electron chi connectivity index (χ1n) is 8.23. The van der Waals surface area contributed by atoms with E-state index in [-0.39, 0.29) is 18.0 Å². The van der Waals surface area contributed by atoms with E-state index in [0.717, 1.165) is 18.4 Å². The predicted octanol–water partition coefficient (Wildman–Crippen LogP) is 3.51. The van der Waals surface area contributed by atoms with Crippen molar-refractivity contribution in [2.45, 2.75) is 38.8 Å². The average Bonchev–Trinajstić information content (AvgIpc) is 3.40. The Balaban J connectivity index is 1.90. The van der Waals surface area contributed by atoms with E-state index in [4.69, 9.17) is 17.3 Å². The summed E-state index contributed by atoms with van der Waals surface area (Å²) in [5, 5.41) is 0.666. The maximum absolute atomic E-state index is 13.1. The van der Waals surface area contributed by atoms with E-state index < -0.39 is 5.91 Å². The maximum Gasteiger partial charge on any atom is 0.273 e. The van der Waals surface area contributed by atoms with Gasteiger partial charge in [-0.1, -0.05) is 23.7 Å². The van der Waals surface area contributed by atoms with E-state index in [1.165, 1.54) is 6.20 Å². The number of rotatable bonds is 5. The molecule has 2 amide bonds. The van der Waals surface area contributed by atoms with Crippen LogP contribution in [0.5, 0.6) is 0 Å². The van der Waals surface area contributed by atoms with Crippen molar-refractivity contribution in [3.05, 3.63) is 63.9 Å². The fourth-order valence-corrected chi connectivity index (χ4v) is 3.10. The molecule has 130 valence electrons. The zero-order chi connectivity index (χ0) is 18.1. The van der Waals surface area contributed by atoms with Gasteiger partial charge in [0.15, 0.2) is 0 Å². The molecule has 1 fully saturated rings. The minimum Gasteiger partial charge on any atom is -0.366 e. The molecule has 0 aliphatic heterocycles. The van der Waals surface area contributed by atoms with Gasteiger partial charge >= 0.3 is 0 Å². The van der Waals surface area contributed by atoms with Gasteiger partial charge in [0.2, 0.25) is 0 Å². The van der Waals surface area contributed by atoms with Gasteiger partial charge < -0.3 is 10.6 Å². The number of aryl methyl sites for hydroxylation is 1. The van der Waals surface area contributed by atoms with Crippen LogP contribution in [-0.4, -0.2) is 27.7 Å². The van der Waals surface area contributed by atoms with Gasteiger partial charge in [-0.25, -0.2) is 0 Å². The second-order valence-electron chi connectivity index (χ2n) is 6.42. The molecule has 0 saturated heterocycles. The zero-order valence-electron chi connectivity index (χ0n) is 14.2. The van der Waals surface area contributed by atoms with Crippen LogP contribution in [0, 0.1) is 6.92 Å². The van der Waals surface area contributed by atoms with Crippen molar-refractivity contribution in [3.8, 4) is 0 Å². The van der Waals surface area contributed by atoms with Crippen LogP contribution in [0.15, 0.2) is 36.5 Å². The van der Waals surface area contributed by atoms with Crippen molar-refractivity contribution in [2.75, 3.05) is 0 Å². The molecule has 1 atom stereocenters. The molecule has 2 N–H and O–H groups in total. The number of nitrogens with two attached hydrogens (primary N) is 1. The summed E-state index contributed by atoms with van der Waals surface area (Å²) in [6, 6.07) is 9.29. The maximum atomic E-state index is 13.1. The number of carbonyl (C=O) groups excluding carboxylic acids is 2. The van der Waals surface area contributed by atoms with Crippen LogP contribution in [0.25, 0.3) is 0 Å². The fraction of sp³-hybridized carbons (Fsp3) is 0.316. The third kappa shape index (κ3) is 3.66. The minimum atomic E-state index is -0.544. The number of hydrogen-bond acceptors (Lipinski definition) is 3. The summed E-state index contributed by atoms with van der Waals surface area (Å²) in [6.45, 7) is 3.76. The van der Waals surface area contributed by atoms with Crippen LogP contribution >= 0.6 is 11.6 Å². The molecule has 1 unspecified atom stereocenters.